The standard InChI is InChI=1S/C19H27NO5/c1-3-12-11-16(25-15(12)4-2)18(21)20-8-5-13(6-9-20)17-14(19(22)23)7-10-24-17/h11,13-14,17H,3-10H2,1-2H3,(H,22,23)/t14-,17-/m0/s1. The monoisotopic (exact) mass is 349 g/mol. The molecule has 1 amide bonds. The van der Waals surface area contributed by atoms with Gasteiger partial charge in [0.05, 0.1) is 12.0 Å². The molecule has 0 radical (unpaired) electrons. The molecule has 3 heterocycles. The van der Waals surface area contributed by atoms with Gasteiger partial charge in [-0.15, -0.1) is 0 Å². The molecule has 3 rings (SSSR count). The van der Waals surface area contributed by atoms with Crippen molar-refractivity contribution < 1.29 is 23.8 Å². The second kappa shape index (κ2) is 7.60. The van der Waals surface area contributed by atoms with E-state index in [1.54, 1.807) is 0 Å². The number of furan rings is 1. The zero-order valence-electron chi connectivity index (χ0n) is 15.0. The molecule has 0 saturated carbocycles. The van der Waals surface area contributed by atoms with Crippen molar-refractivity contribution in [2.24, 2.45) is 11.8 Å². The zero-order chi connectivity index (χ0) is 18.0. The molecule has 0 unspecified atom stereocenters. The van der Waals surface area contributed by atoms with Crippen LogP contribution in [0.1, 0.15) is 55.0 Å². The van der Waals surface area contributed by atoms with Crippen LogP contribution in [0, 0.1) is 11.8 Å². The number of carbonyl (C=O) groups excluding carboxylic acids is 1. The summed E-state index contributed by atoms with van der Waals surface area (Å²) < 4.78 is 11.4. The van der Waals surface area contributed by atoms with Crippen molar-refractivity contribution in [2.45, 2.75) is 52.1 Å². The Morgan fingerprint density at radius 3 is 2.48 bits per heavy atom. The Morgan fingerprint density at radius 1 is 1.20 bits per heavy atom. The summed E-state index contributed by atoms with van der Waals surface area (Å²) in [4.78, 5) is 25.9. The SMILES string of the molecule is CCc1cc(C(=O)N2CCC([C@@H]3OCC[C@@H]3C(=O)O)CC2)oc1CC. The first-order chi connectivity index (χ1) is 12.0. The lowest BCUT2D eigenvalue weighted by Gasteiger charge is -2.35. The molecule has 6 nitrogen and oxygen atoms in total. The van der Waals surface area contributed by atoms with Gasteiger partial charge in [0.15, 0.2) is 5.76 Å². The van der Waals surface area contributed by atoms with Gasteiger partial charge in [-0.25, -0.2) is 0 Å². The van der Waals surface area contributed by atoms with Crippen molar-refractivity contribution in [1.82, 2.24) is 4.90 Å². The number of ether oxygens (including phenoxy) is 1. The normalized spacial score (nSPS) is 24.6. The van der Waals surface area contributed by atoms with E-state index in [0.29, 0.717) is 31.9 Å². The topological polar surface area (TPSA) is 80.0 Å². The fourth-order valence-corrected chi connectivity index (χ4v) is 4.10. The molecule has 2 atom stereocenters. The van der Waals surface area contributed by atoms with Gasteiger partial charge >= 0.3 is 5.97 Å². The summed E-state index contributed by atoms with van der Waals surface area (Å²) in [6, 6.07) is 1.87. The molecule has 0 bridgehead atoms. The minimum absolute atomic E-state index is 0.0602. The summed E-state index contributed by atoms with van der Waals surface area (Å²) in [7, 11) is 0. The summed E-state index contributed by atoms with van der Waals surface area (Å²) in [6.45, 7) is 5.85. The number of aryl methyl sites for hydroxylation is 2. The molecule has 2 aliphatic rings. The Kier molecular flexibility index (Phi) is 5.47. The Labute approximate surface area is 148 Å². The minimum atomic E-state index is -0.768. The quantitative estimate of drug-likeness (QED) is 0.884. The summed E-state index contributed by atoms with van der Waals surface area (Å²) in [5, 5.41) is 9.32. The second-order valence-corrected chi connectivity index (χ2v) is 6.96. The van der Waals surface area contributed by atoms with Crippen molar-refractivity contribution in [2.75, 3.05) is 19.7 Å². The van der Waals surface area contributed by atoms with E-state index in [0.717, 1.165) is 37.0 Å². The number of likely N-dealkylation sites (tertiary alicyclic amines) is 1. The second-order valence-electron chi connectivity index (χ2n) is 6.96. The summed E-state index contributed by atoms with van der Waals surface area (Å²) in [5.74, 6) is 0.293. The first-order valence-electron chi connectivity index (χ1n) is 9.30. The number of hydrogen-bond donors (Lipinski definition) is 1. The lowest BCUT2D eigenvalue weighted by atomic mass is 9.84. The lowest BCUT2D eigenvalue weighted by molar-refractivity contribution is -0.145. The molecular formula is C19H27NO5. The molecule has 1 aromatic heterocycles. The molecule has 25 heavy (non-hydrogen) atoms. The van der Waals surface area contributed by atoms with Crippen molar-refractivity contribution >= 4 is 11.9 Å². The Balaban J connectivity index is 1.61. The van der Waals surface area contributed by atoms with E-state index in [-0.39, 0.29) is 17.9 Å². The molecule has 138 valence electrons. The van der Waals surface area contributed by atoms with Crippen molar-refractivity contribution in [3.63, 3.8) is 0 Å². The van der Waals surface area contributed by atoms with Gasteiger partial charge < -0.3 is 19.2 Å². The maximum absolute atomic E-state index is 12.7. The molecular weight excluding hydrogens is 322 g/mol. The van der Waals surface area contributed by atoms with Crippen LogP contribution in [0.2, 0.25) is 0 Å². The molecule has 6 heteroatoms. The molecule has 2 saturated heterocycles. The van der Waals surface area contributed by atoms with Gasteiger partial charge in [-0.05, 0) is 43.2 Å². The van der Waals surface area contributed by atoms with Crippen LogP contribution in [-0.2, 0) is 22.4 Å². The molecule has 0 aliphatic carbocycles. The van der Waals surface area contributed by atoms with Gasteiger partial charge in [0.25, 0.3) is 5.91 Å². The van der Waals surface area contributed by atoms with Gasteiger partial charge in [0.1, 0.15) is 5.76 Å². The first kappa shape index (κ1) is 18.0. The lowest BCUT2D eigenvalue weighted by Crippen LogP contribution is -2.43. The van der Waals surface area contributed by atoms with E-state index in [9.17, 15) is 14.7 Å². The Morgan fingerprint density at radius 2 is 1.92 bits per heavy atom. The van der Waals surface area contributed by atoms with E-state index in [1.807, 2.05) is 17.9 Å². The van der Waals surface area contributed by atoms with Crippen LogP contribution in [0.4, 0.5) is 0 Å². The number of hydrogen-bond acceptors (Lipinski definition) is 4. The molecule has 1 aromatic rings. The van der Waals surface area contributed by atoms with E-state index in [1.165, 1.54) is 0 Å². The average molecular weight is 349 g/mol. The van der Waals surface area contributed by atoms with Crippen LogP contribution in [0.15, 0.2) is 10.5 Å². The van der Waals surface area contributed by atoms with Crippen LogP contribution >= 0.6 is 0 Å². The number of rotatable bonds is 5. The Bertz CT molecular complexity index is 608. The third-order valence-electron chi connectivity index (χ3n) is 5.55. The predicted molar refractivity (Wildman–Crippen MR) is 91.6 cm³/mol. The third kappa shape index (κ3) is 3.59. The zero-order valence-corrected chi connectivity index (χ0v) is 15.0. The average Bonchev–Trinajstić information content (AvgIpc) is 3.27. The highest BCUT2D eigenvalue weighted by Gasteiger charge is 2.41. The maximum Gasteiger partial charge on any atom is 0.309 e. The highest BCUT2D eigenvalue weighted by molar-refractivity contribution is 5.91. The molecule has 0 spiro atoms. The van der Waals surface area contributed by atoms with Crippen LogP contribution in [0.3, 0.4) is 0 Å². The summed E-state index contributed by atoms with van der Waals surface area (Å²) in [6.07, 6.45) is 3.58. The summed E-state index contributed by atoms with van der Waals surface area (Å²) >= 11 is 0. The van der Waals surface area contributed by atoms with E-state index < -0.39 is 11.9 Å². The van der Waals surface area contributed by atoms with Crippen molar-refractivity contribution in [1.29, 1.82) is 0 Å². The highest BCUT2D eigenvalue weighted by atomic mass is 16.5. The van der Waals surface area contributed by atoms with Gasteiger partial charge in [-0.1, -0.05) is 13.8 Å². The van der Waals surface area contributed by atoms with Gasteiger partial charge in [0, 0.05) is 26.1 Å². The summed E-state index contributed by atoms with van der Waals surface area (Å²) in [5.41, 5.74) is 1.10. The number of aliphatic carboxylic acids is 1. The van der Waals surface area contributed by atoms with Gasteiger partial charge in [-0.2, -0.15) is 0 Å². The minimum Gasteiger partial charge on any atom is -0.481 e. The third-order valence-corrected chi connectivity index (χ3v) is 5.55. The molecule has 2 fully saturated rings. The van der Waals surface area contributed by atoms with Crippen LogP contribution < -0.4 is 0 Å². The number of amides is 1. The van der Waals surface area contributed by atoms with Crippen LogP contribution in [-0.4, -0.2) is 47.7 Å². The van der Waals surface area contributed by atoms with Crippen molar-refractivity contribution in [3.05, 3.63) is 23.2 Å². The van der Waals surface area contributed by atoms with E-state index in [2.05, 4.69) is 6.92 Å². The predicted octanol–water partition coefficient (Wildman–Crippen LogP) is 2.75. The first-order valence-corrected chi connectivity index (χ1v) is 9.30. The Hall–Kier alpha value is -1.82. The molecule has 1 N–H and O–H groups in total. The fraction of sp³-hybridized carbons (Fsp3) is 0.684. The van der Waals surface area contributed by atoms with Crippen LogP contribution in [0.25, 0.3) is 0 Å². The van der Waals surface area contributed by atoms with E-state index in [4.69, 9.17) is 9.15 Å². The van der Waals surface area contributed by atoms with E-state index >= 15 is 0 Å². The maximum atomic E-state index is 12.7. The molecule has 0 aromatic carbocycles. The number of carbonyl (C=O) groups is 2. The van der Waals surface area contributed by atoms with Gasteiger partial charge in [0.2, 0.25) is 0 Å². The molecule has 2 aliphatic heterocycles. The fourth-order valence-electron chi connectivity index (χ4n) is 4.10. The van der Waals surface area contributed by atoms with Crippen molar-refractivity contribution in [3.8, 4) is 0 Å². The number of piperidine rings is 1. The number of nitrogens with zero attached hydrogens (tertiary/aromatic N) is 1. The number of carboxylic acid groups (broad SMARTS) is 1. The van der Waals surface area contributed by atoms with Crippen LogP contribution in [0.5, 0.6) is 0 Å². The smallest absolute Gasteiger partial charge is 0.309 e. The van der Waals surface area contributed by atoms with Gasteiger partial charge in [-0.3, -0.25) is 9.59 Å². The largest absolute Gasteiger partial charge is 0.481 e. The number of carboxylic acids is 1. The highest BCUT2D eigenvalue weighted by Crippen LogP contribution is 2.33.